The van der Waals surface area contributed by atoms with Crippen molar-refractivity contribution in [3.63, 3.8) is 0 Å². The number of nitrogens with zero attached hydrogens (tertiary/aromatic N) is 1. The quantitative estimate of drug-likeness (QED) is 0.763. The molecule has 0 unspecified atom stereocenters. The Morgan fingerprint density at radius 1 is 1.53 bits per heavy atom. The van der Waals surface area contributed by atoms with Crippen molar-refractivity contribution < 1.29 is 14.3 Å². The Balaban J connectivity index is 2.78. The normalized spacial score (nSPS) is 22.5. The Bertz CT molecular complexity index is 306. The van der Waals surface area contributed by atoms with E-state index in [-0.39, 0.29) is 17.4 Å². The van der Waals surface area contributed by atoms with Crippen LogP contribution in [0.25, 0.3) is 0 Å². The molecule has 2 atom stereocenters. The van der Waals surface area contributed by atoms with Gasteiger partial charge >= 0.3 is 6.09 Å². The summed E-state index contributed by atoms with van der Waals surface area (Å²) < 4.78 is 5.01. The largest absolute Gasteiger partial charge is 0.447 e. The molecule has 0 saturated carbocycles. The Labute approximate surface area is 103 Å². The van der Waals surface area contributed by atoms with E-state index in [1.54, 1.807) is 0 Å². The number of ether oxygens (including phenoxy) is 1. The average molecular weight is 241 g/mol. The van der Waals surface area contributed by atoms with Crippen LogP contribution in [0.2, 0.25) is 0 Å². The van der Waals surface area contributed by atoms with Crippen LogP contribution in [-0.2, 0) is 9.53 Å². The first-order chi connectivity index (χ1) is 7.77. The molecule has 98 valence electrons. The van der Waals surface area contributed by atoms with Crippen LogP contribution in [-0.4, -0.2) is 29.5 Å². The van der Waals surface area contributed by atoms with Crippen molar-refractivity contribution >= 4 is 12.0 Å². The Hall–Kier alpha value is -1.06. The van der Waals surface area contributed by atoms with Crippen molar-refractivity contribution in [2.24, 2.45) is 11.3 Å². The van der Waals surface area contributed by atoms with Crippen molar-refractivity contribution in [1.82, 2.24) is 4.90 Å². The monoisotopic (exact) mass is 241 g/mol. The highest BCUT2D eigenvalue weighted by atomic mass is 16.6. The van der Waals surface area contributed by atoms with Gasteiger partial charge in [-0.25, -0.2) is 9.69 Å². The van der Waals surface area contributed by atoms with Gasteiger partial charge in [0.15, 0.2) is 0 Å². The summed E-state index contributed by atoms with van der Waals surface area (Å²) in [7, 11) is 0. The van der Waals surface area contributed by atoms with Gasteiger partial charge in [0.2, 0.25) is 5.91 Å². The number of amides is 2. The Morgan fingerprint density at radius 3 is 2.59 bits per heavy atom. The van der Waals surface area contributed by atoms with Gasteiger partial charge in [-0.15, -0.1) is 0 Å². The summed E-state index contributed by atoms with van der Waals surface area (Å²) in [6, 6.07) is -0.147. The zero-order valence-corrected chi connectivity index (χ0v) is 11.4. The van der Waals surface area contributed by atoms with Crippen LogP contribution >= 0.6 is 0 Å². The van der Waals surface area contributed by atoms with Crippen LogP contribution in [0.4, 0.5) is 4.79 Å². The van der Waals surface area contributed by atoms with E-state index in [1.807, 2.05) is 34.6 Å². The molecule has 0 aromatic heterocycles. The van der Waals surface area contributed by atoms with E-state index in [0.717, 1.165) is 6.42 Å². The summed E-state index contributed by atoms with van der Waals surface area (Å²) in [5.74, 6) is 0.193. The fraction of sp³-hybridized carbons (Fsp3) is 0.846. The van der Waals surface area contributed by atoms with Crippen LogP contribution in [0.3, 0.4) is 0 Å². The van der Waals surface area contributed by atoms with Gasteiger partial charge in [0.1, 0.15) is 6.61 Å². The highest BCUT2D eigenvalue weighted by Gasteiger charge is 2.43. The maximum Gasteiger partial charge on any atom is 0.416 e. The molecule has 17 heavy (non-hydrogen) atoms. The van der Waals surface area contributed by atoms with Gasteiger partial charge in [0.05, 0.1) is 6.04 Å². The van der Waals surface area contributed by atoms with Gasteiger partial charge in [-0.2, -0.15) is 0 Å². The molecule has 0 bridgehead atoms. The lowest BCUT2D eigenvalue weighted by atomic mass is 9.86. The van der Waals surface area contributed by atoms with E-state index in [0.29, 0.717) is 18.9 Å². The Kier molecular flexibility index (Phi) is 4.17. The molecule has 2 amide bonds. The smallest absolute Gasteiger partial charge is 0.416 e. The number of imide groups is 1. The minimum Gasteiger partial charge on any atom is -0.447 e. The van der Waals surface area contributed by atoms with Crippen LogP contribution in [0.1, 0.15) is 47.5 Å². The molecule has 1 aliphatic heterocycles. The third-order valence-electron chi connectivity index (χ3n) is 3.36. The first-order valence-electron chi connectivity index (χ1n) is 6.26. The minimum atomic E-state index is -0.488. The van der Waals surface area contributed by atoms with E-state index in [1.165, 1.54) is 4.90 Å². The summed E-state index contributed by atoms with van der Waals surface area (Å²) >= 11 is 0. The van der Waals surface area contributed by atoms with E-state index in [9.17, 15) is 9.59 Å². The summed E-state index contributed by atoms with van der Waals surface area (Å²) in [6.45, 7) is 10.4. The highest BCUT2D eigenvalue weighted by molar-refractivity contribution is 5.93. The summed E-state index contributed by atoms with van der Waals surface area (Å²) in [4.78, 5) is 25.0. The van der Waals surface area contributed by atoms with E-state index in [2.05, 4.69) is 0 Å². The molecule has 1 rings (SSSR count). The number of hydrogen-bond donors (Lipinski definition) is 0. The second-order valence-electron chi connectivity index (χ2n) is 5.94. The van der Waals surface area contributed by atoms with Crippen LogP contribution < -0.4 is 0 Å². The predicted octanol–water partition coefficient (Wildman–Crippen LogP) is 2.82. The van der Waals surface area contributed by atoms with Gasteiger partial charge < -0.3 is 4.74 Å². The summed E-state index contributed by atoms with van der Waals surface area (Å²) in [6.07, 6.45) is 0.866. The predicted molar refractivity (Wildman–Crippen MR) is 65.5 cm³/mol. The average Bonchev–Trinajstić information content (AvgIpc) is 2.59. The summed E-state index contributed by atoms with van der Waals surface area (Å²) in [5, 5.41) is 0. The molecule has 4 heteroatoms. The number of cyclic esters (lactones) is 1. The third kappa shape index (κ3) is 3.20. The van der Waals surface area contributed by atoms with Gasteiger partial charge in [-0.05, 0) is 11.3 Å². The van der Waals surface area contributed by atoms with Crippen molar-refractivity contribution in [2.75, 3.05) is 6.61 Å². The van der Waals surface area contributed by atoms with Gasteiger partial charge in [0.25, 0.3) is 0 Å². The fourth-order valence-electron chi connectivity index (χ4n) is 1.88. The summed E-state index contributed by atoms with van der Waals surface area (Å²) in [5.41, 5.74) is -0.142. The molecular weight excluding hydrogens is 218 g/mol. The first kappa shape index (κ1) is 14.0. The van der Waals surface area contributed by atoms with Gasteiger partial charge in [-0.1, -0.05) is 41.0 Å². The lowest BCUT2D eigenvalue weighted by Gasteiger charge is -2.31. The van der Waals surface area contributed by atoms with Gasteiger partial charge in [0, 0.05) is 6.42 Å². The molecule has 1 aliphatic rings. The molecule has 0 aliphatic carbocycles. The zero-order chi connectivity index (χ0) is 13.2. The molecule has 0 aromatic rings. The second-order valence-corrected chi connectivity index (χ2v) is 5.94. The molecule has 0 aromatic carbocycles. The van der Waals surface area contributed by atoms with Crippen LogP contribution in [0, 0.1) is 11.3 Å². The lowest BCUT2D eigenvalue weighted by Crippen LogP contribution is -2.46. The molecule has 1 saturated heterocycles. The third-order valence-corrected chi connectivity index (χ3v) is 3.36. The molecule has 4 nitrogen and oxygen atoms in total. The number of hydrogen-bond acceptors (Lipinski definition) is 3. The van der Waals surface area contributed by atoms with Crippen molar-refractivity contribution in [1.29, 1.82) is 0 Å². The molecule has 0 N–H and O–H groups in total. The number of carbonyl (C=O) groups is 2. The zero-order valence-electron chi connectivity index (χ0n) is 11.4. The first-order valence-corrected chi connectivity index (χ1v) is 6.26. The number of carbonyl (C=O) groups excluding carboxylic acids is 2. The molecule has 0 radical (unpaired) electrons. The highest BCUT2D eigenvalue weighted by Crippen LogP contribution is 2.30. The molecular formula is C13H23NO3. The molecule has 0 spiro atoms. The molecule has 1 fully saturated rings. The maximum atomic E-state index is 12.1. The Morgan fingerprint density at radius 2 is 2.12 bits per heavy atom. The lowest BCUT2D eigenvalue weighted by molar-refractivity contribution is -0.131. The topological polar surface area (TPSA) is 46.6 Å². The minimum absolute atomic E-state index is 0.109. The second kappa shape index (κ2) is 5.07. The van der Waals surface area contributed by atoms with Crippen molar-refractivity contribution in [2.45, 2.75) is 53.5 Å². The maximum absolute atomic E-state index is 12.1. The van der Waals surface area contributed by atoms with E-state index in [4.69, 9.17) is 4.74 Å². The van der Waals surface area contributed by atoms with Crippen LogP contribution in [0.15, 0.2) is 0 Å². The SMILES string of the molecule is CC[C@H](C)CC(=O)N1C(=O)OC[C@@H]1C(C)(C)C. The van der Waals surface area contributed by atoms with Crippen LogP contribution in [0.5, 0.6) is 0 Å². The number of rotatable bonds is 3. The van der Waals surface area contributed by atoms with Crippen molar-refractivity contribution in [3.05, 3.63) is 0 Å². The van der Waals surface area contributed by atoms with Gasteiger partial charge in [-0.3, -0.25) is 4.79 Å². The van der Waals surface area contributed by atoms with Crippen molar-refractivity contribution in [3.8, 4) is 0 Å². The fourth-order valence-corrected chi connectivity index (χ4v) is 1.88. The van der Waals surface area contributed by atoms with E-state index >= 15 is 0 Å². The molecule has 1 heterocycles. The standard InChI is InChI=1S/C13H23NO3/c1-6-9(2)7-11(15)14-10(13(3,4)5)8-17-12(14)16/h9-10H,6-8H2,1-5H3/t9-,10+/m0/s1. The van der Waals surface area contributed by atoms with E-state index < -0.39 is 6.09 Å².